The SMILES string of the molecule is Cl.NC(C(=O)N1CCCN(C(=O)c2ccsc2)CC1)c1ccccc1. The summed E-state index contributed by atoms with van der Waals surface area (Å²) in [7, 11) is 0. The summed E-state index contributed by atoms with van der Waals surface area (Å²) in [6.07, 6.45) is 0.767. The van der Waals surface area contributed by atoms with Crippen LogP contribution in [-0.4, -0.2) is 47.8 Å². The van der Waals surface area contributed by atoms with Gasteiger partial charge in [-0.05, 0) is 23.4 Å². The Morgan fingerprint density at radius 3 is 2.36 bits per heavy atom. The van der Waals surface area contributed by atoms with Gasteiger partial charge in [-0.3, -0.25) is 9.59 Å². The molecule has 2 amide bonds. The molecule has 25 heavy (non-hydrogen) atoms. The standard InChI is InChI=1S/C18H21N3O2S.ClH/c19-16(14-5-2-1-3-6-14)18(23)21-9-4-8-20(10-11-21)17(22)15-7-12-24-13-15;/h1-3,5-7,12-13,16H,4,8-11,19H2;1H. The number of benzene rings is 1. The Kier molecular flexibility index (Phi) is 6.99. The van der Waals surface area contributed by atoms with Crippen LogP contribution in [0.2, 0.25) is 0 Å². The van der Waals surface area contributed by atoms with E-state index in [0.717, 1.165) is 17.5 Å². The third kappa shape index (κ3) is 4.60. The number of thiophene rings is 1. The summed E-state index contributed by atoms with van der Waals surface area (Å²) in [5, 5.41) is 3.77. The van der Waals surface area contributed by atoms with Crippen LogP contribution < -0.4 is 5.73 Å². The minimum atomic E-state index is -0.648. The fourth-order valence-electron chi connectivity index (χ4n) is 2.91. The minimum Gasteiger partial charge on any atom is -0.339 e. The number of nitrogens with two attached hydrogens (primary N) is 1. The van der Waals surface area contributed by atoms with Gasteiger partial charge in [0.25, 0.3) is 5.91 Å². The Bertz CT molecular complexity index is 694. The second-order valence-corrected chi connectivity index (χ2v) is 6.65. The van der Waals surface area contributed by atoms with E-state index in [2.05, 4.69) is 0 Å². The van der Waals surface area contributed by atoms with Crippen molar-refractivity contribution in [2.45, 2.75) is 12.5 Å². The van der Waals surface area contributed by atoms with Gasteiger partial charge >= 0.3 is 0 Å². The van der Waals surface area contributed by atoms with E-state index in [0.29, 0.717) is 26.2 Å². The molecule has 0 aliphatic carbocycles. The number of carbonyl (C=O) groups excluding carboxylic acids is 2. The maximum Gasteiger partial charge on any atom is 0.254 e. The van der Waals surface area contributed by atoms with E-state index in [-0.39, 0.29) is 24.2 Å². The average Bonchev–Trinajstić information content (AvgIpc) is 3.05. The van der Waals surface area contributed by atoms with Crippen molar-refractivity contribution in [3.63, 3.8) is 0 Å². The third-order valence-corrected chi connectivity index (χ3v) is 4.97. The highest BCUT2D eigenvalue weighted by atomic mass is 35.5. The number of amides is 2. The summed E-state index contributed by atoms with van der Waals surface area (Å²) in [4.78, 5) is 28.7. The molecule has 1 unspecified atom stereocenters. The van der Waals surface area contributed by atoms with Gasteiger partial charge in [0.15, 0.2) is 0 Å². The van der Waals surface area contributed by atoms with E-state index in [4.69, 9.17) is 5.73 Å². The molecule has 0 saturated carbocycles. The van der Waals surface area contributed by atoms with Crippen LogP contribution in [0.5, 0.6) is 0 Å². The lowest BCUT2D eigenvalue weighted by Crippen LogP contribution is -2.41. The van der Waals surface area contributed by atoms with Crippen LogP contribution in [0.3, 0.4) is 0 Å². The summed E-state index contributed by atoms with van der Waals surface area (Å²) < 4.78 is 0. The van der Waals surface area contributed by atoms with E-state index in [1.807, 2.05) is 52.1 Å². The van der Waals surface area contributed by atoms with Crippen molar-refractivity contribution in [1.29, 1.82) is 0 Å². The van der Waals surface area contributed by atoms with Crippen molar-refractivity contribution in [2.24, 2.45) is 5.73 Å². The van der Waals surface area contributed by atoms with Gasteiger partial charge < -0.3 is 15.5 Å². The van der Waals surface area contributed by atoms with Gasteiger partial charge in [-0.2, -0.15) is 11.3 Å². The van der Waals surface area contributed by atoms with Crippen LogP contribution in [0.15, 0.2) is 47.2 Å². The molecule has 2 aromatic rings. The monoisotopic (exact) mass is 379 g/mol. The lowest BCUT2D eigenvalue weighted by molar-refractivity contribution is -0.132. The van der Waals surface area contributed by atoms with Gasteiger partial charge in [-0.15, -0.1) is 12.4 Å². The molecule has 0 bridgehead atoms. The predicted molar refractivity (Wildman–Crippen MR) is 102 cm³/mol. The van der Waals surface area contributed by atoms with E-state index in [1.54, 1.807) is 4.90 Å². The number of nitrogens with zero attached hydrogens (tertiary/aromatic N) is 2. The van der Waals surface area contributed by atoms with Crippen LogP contribution in [0.4, 0.5) is 0 Å². The number of hydrogen-bond donors (Lipinski definition) is 1. The number of rotatable bonds is 3. The van der Waals surface area contributed by atoms with Gasteiger partial charge in [-0.25, -0.2) is 0 Å². The molecule has 0 radical (unpaired) electrons. The molecule has 1 aromatic carbocycles. The first-order chi connectivity index (χ1) is 11.7. The smallest absolute Gasteiger partial charge is 0.254 e. The van der Waals surface area contributed by atoms with E-state index < -0.39 is 6.04 Å². The zero-order chi connectivity index (χ0) is 16.9. The lowest BCUT2D eigenvalue weighted by Gasteiger charge is -2.24. The molecule has 1 fully saturated rings. The minimum absolute atomic E-state index is 0. The van der Waals surface area contributed by atoms with Gasteiger partial charge in [0, 0.05) is 31.6 Å². The fourth-order valence-corrected chi connectivity index (χ4v) is 3.54. The average molecular weight is 380 g/mol. The largest absolute Gasteiger partial charge is 0.339 e. The van der Waals surface area contributed by atoms with Crippen LogP contribution in [0.25, 0.3) is 0 Å². The zero-order valence-electron chi connectivity index (χ0n) is 13.8. The van der Waals surface area contributed by atoms with Gasteiger partial charge in [0.2, 0.25) is 5.91 Å². The molecule has 2 heterocycles. The molecule has 3 rings (SSSR count). The van der Waals surface area contributed by atoms with Crippen LogP contribution in [0, 0.1) is 0 Å². The molecule has 0 spiro atoms. The van der Waals surface area contributed by atoms with Crippen LogP contribution in [0.1, 0.15) is 28.4 Å². The molecule has 7 heteroatoms. The Morgan fingerprint density at radius 1 is 1.00 bits per heavy atom. The molecule has 5 nitrogen and oxygen atoms in total. The Labute approximate surface area is 157 Å². The van der Waals surface area contributed by atoms with Gasteiger partial charge in [-0.1, -0.05) is 30.3 Å². The summed E-state index contributed by atoms with van der Waals surface area (Å²) in [6.45, 7) is 2.36. The second-order valence-electron chi connectivity index (χ2n) is 5.87. The first-order valence-electron chi connectivity index (χ1n) is 8.07. The Balaban J connectivity index is 0.00000225. The highest BCUT2D eigenvalue weighted by Gasteiger charge is 2.26. The predicted octanol–water partition coefficient (Wildman–Crippen LogP) is 2.54. The first-order valence-corrected chi connectivity index (χ1v) is 9.02. The Morgan fingerprint density at radius 2 is 1.68 bits per heavy atom. The quantitative estimate of drug-likeness (QED) is 0.891. The van der Waals surface area contributed by atoms with Crippen molar-refractivity contribution in [2.75, 3.05) is 26.2 Å². The van der Waals surface area contributed by atoms with Crippen molar-refractivity contribution in [3.8, 4) is 0 Å². The maximum absolute atomic E-state index is 12.7. The van der Waals surface area contributed by atoms with Crippen molar-refractivity contribution < 1.29 is 9.59 Å². The number of halogens is 1. The molecule has 1 atom stereocenters. The van der Waals surface area contributed by atoms with E-state index >= 15 is 0 Å². The molecule has 1 aliphatic heterocycles. The van der Waals surface area contributed by atoms with Crippen LogP contribution in [-0.2, 0) is 4.79 Å². The molecule has 1 saturated heterocycles. The molecule has 1 aliphatic rings. The number of hydrogen-bond acceptors (Lipinski definition) is 4. The molecule has 2 N–H and O–H groups in total. The maximum atomic E-state index is 12.7. The van der Waals surface area contributed by atoms with Crippen molar-refractivity contribution in [1.82, 2.24) is 9.80 Å². The lowest BCUT2D eigenvalue weighted by atomic mass is 10.1. The summed E-state index contributed by atoms with van der Waals surface area (Å²) >= 11 is 1.52. The topological polar surface area (TPSA) is 66.6 Å². The van der Waals surface area contributed by atoms with Gasteiger partial charge in [0.1, 0.15) is 6.04 Å². The van der Waals surface area contributed by atoms with E-state index in [9.17, 15) is 9.59 Å². The molecular weight excluding hydrogens is 358 g/mol. The summed E-state index contributed by atoms with van der Waals surface area (Å²) in [5.41, 5.74) is 7.66. The highest BCUT2D eigenvalue weighted by molar-refractivity contribution is 7.08. The molecule has 134 valence electrons. The molecular formula is C18H22ClN3O2S. The normalized spacial score (nSPS) is 15.9. The molecule has 1 aromatic heterocycles. The fraction of sp³-hybridized carbons (Fsp3) is 0.333. The Hall–Kier alpha value is -1.89. The van der Waals surface area contributed by atoms with Crippen LogP contribution >= 0.6 is 23.7 Å². The first kappa shape index (κ1) is 19.4. The number of carbonyl (C=O) groups is 2. The zero-order valence-corrected chi connectivity index (χ0v) is 15.5. The van der Waals surface area contributed by atoms with Gasteiger partial charge in [0.05, 0.1) is 5.56 Å². The van der Waals surface area contributed by atoms with E-state index in [1.165, 1.54) is 11.3 Å². The summed E-state index contributed by atoms with van der Waals surface area (Å²) in [5.74, 6) is -0.0380. The second kappa shape index (κ2) is 8.99. The van der Waals surface area contributed by atoms with Crippen molar-refractivity contribution in [3.05, 3.63) is 58.3 Å². The third-order valence-electron chi connectivity index (χ3n) is 4.29. The van der Waals surface area contributed by atoms with Crippen molar-refractivity contribution >= 4 is 35.6 Å². The summed E-state index contributed by atoms with van der Waals surface area (Å²) in [6, 6.07) is 10.6. The highest BCUT2D eigenvalue weighted by Crippen LogP contribution is 2.16.